The van der Waals surface area contributed by atoms with Gasteiger partial charge in [0.25, 0.3) is 11.5 Å². The maximum atomic E-state index is 12.6. The van der Waals surface area contributed by atoms with Crippen LogP contribution in [0.25, 0.3) is 5.69 Å². The Morgan fingerprint density at radius 3 is 2.57 bits per heavy atom. The van der Waals surface area contributed by atoms with Gasteiger partial charge in [0.05, 0.1) is 17.3 Å². The van der Waals surface area contributed by atoms with Gasteiger partial charge < -0.3 is 10.1 Å². The lowest BCUT2D eigenvalue weighted by atomic mass is 10.2. The highest BCUT2D eigenvalue weighted by molar-refractivity contribution is 6.32. The van der Waals surface area contributed by atoms with Crippen molar-refractivity contribution < 1.29 is 9.53 Å². The van der Waals surface area contributed by atoms with E-state index in [4.69, 9.17) is 16.3 Å². The van der Waals surface area contributed by atoms with E-state index in [1.807, 2.05) is 19.9 Å². The molecule has 1 heterocycles. The summed E-state index contributed by atoms with van der Waals surface area (Å²) < 4.78 is 6.81. The molecule has 0 aliphatic heterocycles. The predicted octanol–water partition coefficient (Wildman–Crippen LogP) is 4.17. The first-order valence-electron chi connectivity index (χ1n) is 8.83. The summed E-state index contributed by atoms with van der Waals surface area (Å²) >= 11 is 6.23. The number of amides is 1. The van der Waals surface area contributed by atoms with Crippen LogP contribution in [0.2, 0.25) is 5.02 Å². The summed E-state index contributed by atoms with van der Waals surface area (Å²) in [5.41, 5.74) is 0.875. The van der Waals surface area contributed by atoms with Crippen LogP contribution in [0.5, 0.6) is 5.75 Å². The van der Waals surface area contributed by atoms with Crippen molar-refractivity contribution in [2.75, 3.05) is 11.9 Å². The van der Waals surface area contributed by atoms with Gasteiger partial charge in [-0.25, -0.2) is 0 Å². The normalized spacial score (nSPS) is 10.7. The monoisotopic (exact) mass is 397 g/mol. The van der Waals surface area contributed by atoms with E-state index in [-0.39, 0.29) is 11.3 Å². The summed E-state index contributed by atoms with van der Waals surface area (Å²) in [7, 11) is 0. The molecule has 7 heteroatoms. The first kappa shape index (κ1) is 19.6. The Kier molecular flexibility index (Phi) is 6.11. The minimum atomic E-state index is -0.448. The van der Waals surface area contributed by atoms with Gasteiger partial charge in [-0.05, 0) is 42.3 Å². The van der Waals surface area contributed by atoms with Gasteiger partial charge >= 0.3 is 0 Å². The second kappa shape index (κ2) is 8.71. The molecule has 0 radical (unpaired) electrons. The van der Waals surface area contributed by atoms with Crippen LogP contribution in [0.15, 0.2) is 65.5 Å². The van der Waals surface area contributed by atoms with E-state index in [1.165, 1.54) is 16.8 Å². The van der Waals surface area contributed by atoms with Gasteiger partial charge in [0.2, 0.25) is 0 Å². The molecule has 1 amide bonds. The van der Waals surface area contributed by atoms with Crippen molar-refractivity contribution in [3.63, 3.8) is 0 Å². The van der Waals surface area contributed by atoms with E-state index >= 15 is 0 Å². The van der Waals surface area contributed by atoms with Crippen LogP contribution in [0.3, 0.4) is 0 Å². The highest BCUT2D eigenvalue weighted by atomic mass is 35.5. The molecule has 28 heavy (non-hydrogen) atoms. The Morgan fingerprint density at radius 1 is 1.14 bits per heavy atom. The lowest BCUT2D eigenvalue weighted by Crippen LogP contribution is -2.24. The lowest BCUT2D eigenvalue weighted by molar-refractivity contribution is 0.102. The second-order valence-corrected chi connectivity index (χ2v) is 7.02. The zero-order valence-electron chi connectivity index (χ0n) is 15.6. The number of carbonyl (C=O) groups is 1. The van der Waals surface area contributed by atoms with Crippen molar-refractivity contribution in [1.29, 1.82) is 0 Å². The predicted molar refractivity (Wildman–Crippen MR) is 110 cm³/mol. The number of aromatic nitrogens is 2. The van der Waals surface area contributed by atoms with Crippen LogP contribution >= 0.6 is 11.6 Å². The van der Waals surface area contributed by atoms with Crippen molar-refractivity contribution in [2.45, 2.75) is 13.8 Å². The summed E-state index contributed by atoms with van der Waals surface area (Å²) in [5.74, 6) is 0.488. The van der Waals surface area contributed by atoms with E-state index < -0.39 is 5.91 Å². The number of benzene rings is 2. The lowest BCUT2D eigenvalue weighted by Gasteiger charge is -2.12. The fraction of sp³-hybridized carbons (Fsp3) is 0.190. The largest absolute Gasteiger partial charge is 0.492 e. The molecule has 1 aromatic heterocycles. The van der Waals surface area contributed by atoms with E-state index in [9.17, 15) is 9.59 Å². The van der Waals surface area contributed by atoms with Crippen LogP contribution in [0.4, 0.5) is 5.69 Å². The molecule has 0 aliphatic rings. The fourth-order valence-corrected chi connectivity index (χ4v) is 2.67. The highest BCUT2D eigenvalue weighted by Gasteiger charge is 2.12. The summed E-state index contributed by atoms with van der Waals surface area (Å²) in [6.07, 6.45) is 0. The molecule has 6 nitrogen and oxygen atoms in total. The molecule has 0 spiro atoms. The minimum absolute atomic E-state index is 0.111. The molecule has 144 valence electrons. The third-order valence-corrected chi connectivity index (χ3v) is 4.09. The number of ether oxygens (including phenoxy) is 1. The third kappa shape index (κ3) is 4.78. The van der Waals surface area contributed by atoms with Gasteiger partial charge in [-0.15, -0.1) is 0 Å². The van der Waals surface area contributed by atoms with Gasteiger partial charge in [0.1, 0.15) is 11.4 Å². The van der Waals surface area contributed by atoms with Crippen molar-refractivity contribution in [1.82, 2.24) is 9.78 Å². The first-order chi connectivity index (χ1) is 13.4. The van der Waals surface area contributed by atoms with E-state index in [0.29, 0.717) is 34.7 Å². The number of carbonyl (C=O) groups excluding carboxylic acids is 1. The van der Waals surface area contributed by atoms with E-state index in [0.717, 1.165) is 0 Å². The fourth-order valence-electron chi connectivity index (χ4n) is 2.43. The Labute approximate surface area is 167 Å². The number of halogens is 1. The van der Waals surface area contributed by atoms with Gasteiger partial charge in [0.15, 0.2) is 0 Å². The van der Waals surface area contributed by atoms with Crippen LogP contribution in [-0.4, -0.2) is 22.3 Å². The highest BCUT2D eigenvalue weighted by Crippen LogP contribution is 2.28. The van der Waals surface area contributed by atoms with Crippen LogP contribution < -0.4 is 15.6 Å². The summed E-state index contributed by atoms with van der Waals surface area (Å²) in [6, 6.07) is 16.6. The summed E-state index contributed by atoms with van der Waals surface area (Å²) in [6.45, 7) is 4.64. The van der Waals surface area contributed by atoms with Crippen molar-refractivity contribution >= 4 is 23.2 Å². The molecule has 0 bridgehead atoms. The molecule has 0 atom stereocenters. The van der Waals surface area contributed by atoms with Crippen LogP contribution in [0, 0.1) is 5.92 Å². The molecule has 0 saturated carbocycles. The maximum absolute atomic E-state index is 12.6. The molecule has 0 unspecified atom stereocenters. The quantitative estimate of drug-likeness (QED) is 0.677. The number of hydrogen-bond donors (Lipinski definition) is 1. The van der Waals surface area contributed by atoms with E-state index in [1.54, 1.807) is 42.5 Å². The Balaban J connectivity index is 1.78. The maximum Gasteiger partial charge on any atom is 0.276 e. The van der Waals surface area contributed by atoms with Gasteiger partial charge in [-0.1, -0.05) is 43.6 Å². The van der Waals surface area contributed by atoms with Crippen LogP contribution in [0.1, 0.15) is 24.3 Å². The molecule has 0 saturated heterocycles. The third-order valence-electron chi connectivity index (χ3n) is 3.80. The standard InChI is InChI=1S/C21H20ClN3O3/c1-14(2)13-28-19-10-8-15(12-17(19)22)23-21(27)18-9-11-20(26)25(24-18)16-6-4-3-5-7-16/h3-12,14H,13H2,1-2H3,(H,23,27). The molecule has 0 fully saturated rings. The first-order valence-corrected chi connectivity index (χ1v) is 9.21. The zero-order chi connectivity index (χ0) is 20.1. The Morgan fingerprint density at radius 2 is 1.89 bits per heavy atom. The van der Waals surface area contributed by atoms with Crippen molar-refractivity contribution in [3.05, 3.63) is 81.7 Å². The zero-order valence-corrected chi connectivity index (χ0v) is 16.3. The molecule has 1 N–H and O–H groups in total. The minimum Gasteiger partial charge on any atom is -0.492 e. The van der Waals surface area contributed by atoms with Gasteiger partial charge in [-0.2, -0.15) is 9.78 Å². The average molecular weight is 398 g/mol. The number of para-hydroxylation sites is 1. The van der Waals surface area contributed by atoms with Crippen molar-refractivity contribution in [2.24, 2.45) is 5.92 Å². The Bertz CT molecular complexity index is 1030. The smallest absolute Gasteiger partial charge is 0.276 e. The number of hydrogen-bond acceptors (Lipinski definition) is 4. The average Bonchev–Trinajstić information content (AvgIpc) is 2.68. The van der Waals surface area contributed by atoms with Gasteiger partial charge in [0, 0.05) is 11.8 Å². The summed E-state index contributed by atoms with van der Waals surface area (Å²) in [5, 5.41) is 7.30. The molecular weight excluding hydrogens is 378 g/mol. The molecule has 0 aliphatic carbocycles. The van der Waals surface area contributed by atoms with Crippen LogP contribution in [-0.2, 0) is 0 Å². The summed E-state index contributed by atoms with van der Waals surface area (Å²) in [4.78, 5) is 24.6. The molecular formula is C21H20ClN3O3. The number of nitrogens with zero attached hydrogens (tertiary/aromatic N) is 2. The number of anilines is 1. The molecule has 2 aromatic carbocycles. The molecule has 3 aromatic rings. The molecule has 3 rings (SSSR count). The van der Waals surface area contributed by atoms with Gasteiger partial charge in [-0.3, -0.25) is 9.59 Å². The number of nitrogens with one attached hydrogen (secondary N) is 1. The van der Waals surface area contributed by atoms with E-state index in [2.05, 4.69) is 10.4 Å². The van der Waals surface area contributed by atoms with Crippen molar-refractivity contribution in [3.8, 4) is 11.4 Å². The Hall–Kier alpha value is -3.12. The SMILES string of the molecule is CC(C)COc1ccc(NC(=O)c2ccc(=O)n(-c3ccccc3)n2)cc1Cl. The number of rotatable bonds is 6. The second-order valence-electron chi connectivity index (χ2n) is 6.61. The topological polar surface area (TPSA) is 73.2 Å².